The second-order valence-corrected chi connectivity index (χ2v) is 7.36. The number of nitrogens with one attached hydrogen (secondary N) is 3. The number of hydrogen-bond acceptors (Lipinski definition) is 7. The van der Waals surface area contributed by atoms with Gasteiger partial charge in [-0.15, -0.1) is 0 Å². The molecule has 1 aliphatic carbocycles. The number of primary amides is 1. The van der Waals surface area contributed by atoms with Crippen molar-refractivity contribution in [1.82, 2.24) is 0 Å². The standard InChI is InChI=1S/C20H25N5O4/c21-8-5-15(18(23)27)17(22)24-13-1-3-14(4-2-13)25-9-6-20(7-10-25)11-16(20)19(28)29-12-26/h1-5,8,16,21,26H,6-7,9-12H2,(H2,22,24)(H2,23,27)/b15-5-,21-8?. The molecule has 2 aliphatic rings. The number of ether oxygens (including phenoxy) is 1. The fourth-order valence-electron chi connectivity index (χ4n) is 3.95. The number of carbonyl (C=O) groups excluding carboxylic acids is 2. The van der Waals surface area contributed by atoms with Crippen molar-refractivity contribution in [2.75, 3.05) is 30.1 Å². The molecule has 1 heterocycles. The number of amides is 1. The van der Waals surface area contributed by atoms with E-state index in [-0.39, 0.29) is 28.7 Å². The Labute approximate surface area is 168 Å². The minimum absolute atomic E-state index is 0.0195. The number of amidine groups is 1. The van der Waals surface area contributed by atoms with Crippen molar-refractivity contribution in [3.05, 3.63) is 35.9 Å². The summed E-state index contributed by atoms with van der Waals surface area (Å²) in [6.45, 7) is 1.10. The van der Waals surface area contributed by atoms with Gasteiger partial charge in [-0.3, -0.25) is 15.0 Å². The lowest BCUT2D eigenvalue weighted by molar-refractivity contribution is -0.154. The van der Waals surface area contributed by atoms with Gasteiger partial charge >= 0.3 is 5.97 Å². The van der Waals surface area contributed by atoms with Crippen molar-refractivity contribution in [1.29, 1.82) is 10.8 Å². The fourth-order valence-corrected chi connectivity index (χ4v) is 3.95. The van der Waals surface area contributed by atoms with Crippen LogP contribution in [0.25, 0.3) is 0 Å². The zero-order valence-electron chi connectivity index (χ0n) is 16.0. The zero-order valence-corrected chi connectivity index (χ0v) is 16.0. The molecular weight excluding hydrogens is 374 g/mol. The molecule has 6 N–H and O–H groups in total. The van der Waals surface area contributed by atoms with Gasteiger partial charge in [0.25, 0.3) is 5.91 Å². The van der Waals surface area contributed by atoms with Gasteiger partial charge in [-0.05, 0) is 55.0 Å². The van der Waals surface area contributed by atoms with E-state index in [2.05, 4.69) is 10.2 Å². The topological polar surface area (TPSA) is 153 Å². The summed E-state index contributed by atoms with van der Waals surface area (Å²) in [4.78, 5) is 25.4. The Morgan fingerprint density at radius 3 is 2.52 bits per heavy atom. The SMILES string of the molecule is N=C/C=C(/C(=N)Nc1ccc(N2CCC3(CC2)CC3C(=O)OCO)cc1)C(N)=O. The molecule has 1 amide bonds. The summed E-state index contributed by atoms with van der Waals surface area (Å²) in [6.07, 6.45) is 4.72. The van der Waals surface area contributed by atoms with Crippen LogP contribution < -0.4 is 16.0 Å². The molecule has 3 rings (SSSR count). The van der Waals surface area contributed by atoms with Crippen molar-refractivity contribution in [2.24, 2.45) is 17.1 Å². The normalized spacial score (nSPS) is 20.1. The van der Waals surface area contributed by atoms with Gasteiger partial charge in [0.15, 0.2) is 6.79 Å². The van der Waals surface area contributed by atoms with Crippen LogP contribution in [0.4, 0.5) is 11.4 Å². The van der Waals surface area contributed by atoms with Crippen molar-refractivity contribution < 1.29 is 19.4 Å². The molecule has 1 aromatic rings. The minimum Gasteiger partial charge on any atom is -0.438 e. The molecule has 0 aromatic heterocycles. The summed E-state index contributed by atoms with van der Waals surface area (Å²) in [5.74, 6) is -1.33. The Bertz CT molecular complexity index is 841. The number of aliphatic hydroxyl groups is 1. The molecule has 0 radical (unpaired) electrons. The third-order valence-electron chi connectivity index (χ3n) is 5.73. The van der Waals surface area contributed by atoms with E-state index in [0.717, 1.165) is 44.3 Å². The Morgan fingerprint density at radius 2 is 1.97 bits per heavy atom. The van der Waals surface area contributed by atoms with E-state index in [4.69, 9.17) is 26.4 Å². The lowest BCUT2D eigenvalue weighted by Gasteiger charge is -2.34. The third kappa shape index (κ3) is 4.45. The molecule has 9 heteroatoms. The van der Waals surface area contributed by atoms with Gasteiger partial charge in [-0.2, -0.15) is 0 Å². The number of hydrogen-bond donors (Lipinski definition) is 5. The fraction of sp³-hybridized carbons (Fsp3) is 0.400. The lowest BCUT2D eigenvalue weighted by atomic mass is 9.90. The van der Waals surface area contributed by atoms with E-state index in [9.17, 15) is 9.59 Å². The second kappa shape index (κ2) is 8.44. The maximum Gasteiger partial charge on any atom is 0.311 e. The van der Waals surface area contributed by atoms with Crippen molar-refractivity contribution in [3.63, 3.8) is 0 Å². The predicted molar refractivity (Wildman–Crippen MR) is 109 cm³/mol. The van der Waals surface area contributed by atoms with Gasteiger partial charge in [0.05, 0.1) is 11.5 Å². The molecule has 29 heavy (non-hydrogen) atoms. The van der Waals surface area contributed by atoms with Crippen LogP contribution in [-0.4, -0.2) is 48.9 Å². The van der Waals surface area contributed by atoms with Crippen LogP contribution >= 0.6 is 0 Å². The highest BCUT2D eigenvalue weighted by Crippen LogP contribution is 2.60. The molecule has 0 bridgehead atoms. The zero-order chi connectivity index (χ0) is 21.0. The van der Waals surface area contributed by atoms with Crippen molar-refractivity contribution >= 4 is 35.3 Å². The van der Waals surface area contributed by atoms with Crippen molar-refractivity contribution in [2.45, 2.75) is 19.3 Å². The Morgan fingerprint density at radius 1 is 1.31 bits per heavy atom. The summed E-state index contributed by atoms with van der Waals surface area (Å²) in [5, 5.41) is 26.6. The summed E-state index contributed by atoms with van der Waals surface area (Å²) >= 11 is 0. The number of nitrogens with two attached hydrogens (primary N) is 1. The summed E-state index contributed by atoms with van der Waals surface area (Å²) in [6, 6.07) is 7.50. The van der Waals surface area contributed by atoms with Gasteiger partial charge in [-0.25, -0.2) is 0 Å². The molecule has 1 aliphatic heterocycles. The van der Waals surface area contributed by atoms with Gasteiger partial charge in [-0.1, -0.05) is 0 Å². The number of piperidine rings is 1. The van der Waals surface area contributed by atoms with E-state index in [0.29, 0.717) is 5.69 Å². The summed E-state index contributed by atoms with van der Waals surface area (Å²) in [5.41, 5.74) is 6.86. The number of rotatable bonds is 7. The van der Waals surface area contributed by atoms with Crippen LogP contribution in [0.2, 0.25) is 0 Å². The maximum atomic E-state index is 11.8. The van der Waals surface area contributed by atoms with Gasteiger partial charge in [0, 0.05) is 30.7 Å². The molecule has 1 atom stereocenters. The highest BCUT2D eigenvalue weighted by Gasteiger charge is 2.59. The number of nitrogens with zero attached hydrogens (tertiary/aromatic N) is 1. The molecular formula is C20H25N5O4. The minimum atomic E-state index is -0.772. The highest BCUT2D eigenvalue weighted by atomic mass is 16.6. The van der Waals surface area contributed by atoms with Crippen LogP contribution in [0.5, 0.6) is 0 Å². The van der Waals surface area contributed by atoms with Gasteiger partial charge in [0.2, 0.25) is 0 Å². The molecule has 1 saturated carbocycles. The summed E-state index contributed by atoms with van der Waals surface area (Å²) < 4.78 is 4.73. The Balaban J connectivity index is 1.56. The average Bonchev–Trinajstić information content (AvgIpc) is 3.40. The molecule has 1 spiro atoms. The lowest BCUT2D eigenvalue weighted by Crippen LogP contribution is -2.35. The first-order valence-electron chi connectivity index (χ1n) is 9.39. The van der Waals surface area contributed by atoms with E-state index < -0.39 is 12.7 Å². The van der Waals surface area contributed by atoms with Crippen LogP contribution in [0, 0.1) is 22.2 Å². The molecule has 9 nitrogen and oxygen atoms in total. The molecule has 1 unspecified atom stereocenters. The van der Waals surface area contributed by atoms with Crippen molar-refractivity contribution in [3.8, 4) is 0 Å². The molecule has 154 valence electrons. The van der Waals surface area contributed by atoms with E-state index in [1.54, 1.807) is 0 Å². The highest BCUT2D eigenvalue weighted by molar-refractivity contribution is 6.25. The first kappa shape index (κ1) is 20.5. The second-order valence-electron chi connectivity index (χ2n) is 7.36. The average molecular weight is 399 g/mol. The van der Waals surface area contributed by atoms with Gasteiger partial charge in [0.1, 0.15) is 5.84 Å². The van der Waals surface area contributed by atoms with Crippen LogP contribution in [0.1, 0.15) is 19.3 Å². The molecule has 1 saturated heterocycles. The number of carbonyl (C=O) groups is 2. The predicted octanol–water partition coefficient (Wildman–Crippen LogP) is 1.24. The number of esters is 1. The van der Waals surface area contributed by atoms with Crippen LogP contribution in [-0.2, 0) is 14.3 Å². The first-order valence-corrected chi connectivity index (χ1v) is 9.39. The number of aliphatic hydroxyl groups excluding tert-OH is 1. The van der Waals surface area contributed by atoms with Crippen LogP contribution in [0.15, 0.2) is 35.9 Å². The first-order chi connectivity index (χ1) is 13.9. The van der Waals surface area contributed by atoms with Gasteiger partial charge < -0.3 is 31.2 Å². The number of benzene rings is 1. The number of allylic oxidation sites excluding steroid dienone is 1. The smallest absolute Gasteiger partial charge is 0.311 e. The molecule has 1 aromatic carbocycles. The maximum absolute atomic E-state index is 11.8. The Hall–Kier alpha value is -3.20. The largest absolute Gasteiger partial charge is 0.438 e. The quantitative estimate of drug-likeness (QED) is 0.153. The Kier molecular flexibility index (Phi) is 5.97. The number of anilines is 2. The van der Waals surface area contributed by atoms with E-state index in [1.165, 1.54) is 6.08 Å². The molecule has 2 fully saturated rings. The monoisotopic (exact) mass is 399 g/mol. The van der Waals surface area contributed by atoms with E-state index >= 15 is 0 Å². The third-order valence-corrected chi connectivity index (χ3v) is 5.73. The summed E-state index contributed by atoms with van der Waals surface area (Å²) in [7, 11) is 0. The van der Waals surface area contributed by atoms with E-state index in [1.807, 2.05) is 24.3 Å². The van der Waals surface area contributed by atoms with Crippen LogP contribution in [0.3, 0.4) is 0 Å².